The standard InChI is InChI=1S/C23H35N3/c1-6-8-13-23(18(3)24-4)26(5)17-20-16-22(15-14-19(20)7-2)25-21-11-9-10-12-21/h6-7,14-16,21,23-25H,1-3,8-13,17H2,4-5H3. The number of rotatable bonds is 11. The molecule has 0 saturated heterocycles. The van der Waals surface area contributed by atoms with E-state index >= 15 is 0 Å². The van der Waals surface area contributed by atoms with E-state index in [1.165, 1.54) is 42.5 Å². The average Bonchev–Trinajstić information content (AvgIpc) is 3.15. The van der Waals surface area contributed by atoms with E-state index in [0.717, 1.165) is 25.1 Å². The minimum absolute atomic E-state index is 0.280. The molecule has 0 amide bonds. The van der Waals surface area contributed by atoms with Gasteiger partial charge in [-0.2, -0.15) is 0 Å². The Kier molecular flexibility index (Phi) is 7.99. The van der Waals surface area contributed by atoms with Crippen LogP contribution in [0.25, 0.3) is 6.08 Å². The van der Waals surface area contributed by atoms with Gasteiger partial charge >= 0.3 is 0 Å². The van der Waals surface area contributed by atoms with Gasteiger partial charge in [0.1, 0.15) is 0 Å². The molecule has 1 aliphatic rings. The molecular weight excluding hydrogens is 318 g/mol. The third-order valence-electron chi connectivity index (χ3n) is 5.41. The van der Waals surface area contributed by atoms with Crippen LogP contribution < -0.4 is 10.6 Å². The summed E-state index contributed by atoms with van der Waals surface area (Å²) in [5, 5.41) is 6.93. The van der Waals surface area contributed by atoms with Crippen molar-refractivity contribution in [2.45, 2.75) is 57.2 Å². The molecular formula is C23H35N3. The zero-order valence-electron chi connectivity index (χ0n) is 16.6. The second-order valence-corrected chi connectivity index (χ2v) is 7.32. The SMILES string of the molecule is C=CCCC(C(=C)NC)N(C)Cc1cc(NC2CCCC2)ccc1C=C. The summed E-state index contributed by atoms with van der Waals surface area (Å²) < 4.78 is 0. The Bertz CT molecular complexity index is 614. The minimum Gasteiger partial charge on any atom is -0.391 e. The summed E-state index contributed by atoms with van der Waals surface area (Å²) >= 11 is 0. The summed E-state index contributed by atoms with van der Waals surface area (Å²) in [5.74, 6) is 0. The molecule has 0 bridgehead atoms. The molecule has 1 aromatic carbocycles. The van der Waals surface area contributed by atoms with Gasteiger partial charge in [-0.1, -0.05) is 44.2 Å². The van der Waals surface area contributed by atoms with E-state index in [2.05, 4.69) is 60.5 Å². The van der Waals surface area contributed by atoms with Gasteiger partial charge in [-0.3, -0.25) is 4.90 Å². The predicted octanol–water partition coefficient (Wildman–Crippen LogP) is 5.18. The lowest BCUT2D eigenvalue weighted by molar-refractivity contribution is 0.246. The molecule has 142 valence electrons. The van der Waals surface area contributed by atoms with Crippen molar-refractivity contribution in [3.05, 3.63) is 60.8 Å². The van der Waals surface area contributed by atoms with Crippen LogP contribution in [0.2, 0.25) is 0 Å². The first-order valence-corrected chi connectivity index (χ1v) is 9.78. The molecule has 0 spiro atoms. The topological polar surface area (TPSA) is 27.3 Å². The second kappa shape index (κ2) is 10.2. The summed E-state index contributed by atoms with van der Waals surface area (Å²) in [6.07, 6.45) is 11.2. The molecule has 1 atom stereocenters. The lowest BCUT2D eigenvalue weighted by atomic mass is 10.0. The van der Waals surface area contributed by atoms with Gasteiger partial charge in [-0.25, -0.2) is 0 Å². The van der Waals surface area contributed by atoms with Crippen molar-refractivity contribution in [2.24, 2.45) is 0 Å². The largest absolute Gasteiger partial charge is 0.391 e. The van der Waals surface area contributed by atoms with E-state index in [0.29, 0.717) is 6.04 Å². The molecule has 0 radical (unpaired) electrons. The smallest absolute Gasteiger partial charge is 0.0492 e. The summed E-state index contributed by atoms with van der Waals surface area (Å²) in [7, 11) is 4.11. The van der Waals surface area contributed by atoms with E-state index < -0.39 is 0 Å². The quantitative estimate of drug-likeness (QED) is 0.537. The molecule has 1 fully saturated rings. The Hall–Kier alpha value is -2.00. The van der Waals surface area contributed by atoms with E-state index in [-0.39, 0.29) is 6.04 Å². The van der Waals surface area contributed by atoms with Crippen LogP contribution in [-0.2, 0) is 6.54 Å². The fourth-order valence-corrected chi connectivity index (χ4v) is 3.82. The first kappa shape index (κ1) is 20.3. The van der Waals surface area contributed by atoms with Gasteiger partial charge in [0, 0.05) is 37.1 Å². The van der Waals surface area contributed by atoms with Crippen molar-refractivity contribution in [1.82, 2.24) is 10.2 Å². The molecule has 3 heteroatoms. The number of hydrogen-bond donors (Lipinski definition) is 2. The molecule has 2 rings (SSSR count). The molecule has 2 N–H and O–H groups in total. The Balaban J connectivity index is 2.14. The van der Waals surface area contributed by atoms with Gasteiger partial charge < -0.3 is 10.6 Å². The number of benzene rings is 1. The third-order valence-corrected chi connectivity index (χ3v) is 5.41. The average molecular weight is 354 g/mol. The fourth-order valence-electron chi connectivity index (χ4n) is 3.82. The highest BCUT2D eigenvalue weighted by Gasteiger charge is 2.19. The number of nitrogens with one attached hydrogen (secondary N) is 2. The van der Waals surface area contributed by atoms with Crippen molar-refractivity contribution in [3.8, 4) is 0 Å². The normalized spacial score (nSPS) is 15.7. The molecule has 1 aromatic rings. The Morgan fingerprint density at radius 1 is 1.31 bits per heavy atom. The maximum Gasteiger partial charge on any atom is 0.0492 e. The Morgan fingerprint density at radius 2 is 2.04 bits per heavy atom. The van der Waals surface area contributed by atoms with Crippen LogP contribution in [0, 0.1) is 0 Å². The van der Waals surface area contributed by atoms with Crippen LogP contribution in [0.3, 0.4) is 0 Å². The Morgan fingerprint density at radius 3 is 2.65 bits per heavy atom. The van der Waals surface area contributed by atoms with Gasteiger partial charge in [0.05, 0.1) is 0 Å². The lowest BCUT2D eigenvalue weighted by Gasteiger charge is -2.30. The highest BCUT2D eigenvalue weighted by molar-refractivity contribution is 5.59. The zero-order valence-corrected chi connectivity index (χ0v) is 16.6. The van der Waals surface area contributed by atoms with Crippen molar-refractivity contribution < 1.29 is 0 Å². The van der Waals surface area contributed by atoms with Crippen LogP contribution >= 0.6 is 0 Å². The van der Waals surface area contributed by atoms with E-state index in [4.69, 9.17) is 0 Å². The zero-order chi connectivity index (χ0) is 18.9. The number of nitrogens with zero attached hydrogens (tertiary/aromatic N) is 1. The van der Waals surface area contributed by atoms with Crippen molar-refractivity contribution in [1.29, 1.82) is 0 Å². The second-order valence-electron chi connectivity index (χ2n) is 7.32. The molecule has 1 saturated carbocycles. The monoisotopic (exact) mass is 353 g/mol. The molecule has 0 heterocycles. The lowest BCUT2D eigenvalue weighted by Crippen LogP contribution is -2.36. The number of hydrogen-bond acceptors (Lipinski definition) is 3. The van der Waals surface area contributed by atoms with Crippen LogP contribution in [0.4, 0.5) is 5.69 Å². The maximum atomic E-state index is 4.20. The highest BCUT2D eigenvalue weighted by Crippen LogP contribution is 2.25. The third kappa shape index (κ3) is 5.50. The highest BCUT2D eigenvalue weighted by atomic mass is 15.1. The first-order valence-electron chi connectivity index (χ1n) is 9.78. The summed E-state index contributed by atoms with van der Waals surface area (Å²) in [6.45, 7) is 12.9. The Labute approximate surface area is 159 Å². The molecule has 1 aliphatic carbocycles. The van der Waals surface area contributed by atoms with Gasteiger partial charge in [0.15, 0.2) is 0 Å². The minimum atomic E-state index is 0.280. The molecule has 1 unspecified atom stereocenters. The van der Waals surface area contributed by atoms with Crippen molar-refractivity contribution >= 4 is 11.8 Å². The summed E-state index contributed by atoms with van der Waals surface area (Å²) in [5.41, 5.74) is 4.78. The van der Waals surface area contributed by atoms with Gasteiger partial charge in [0.25, 0.3) is 0 Å². The maximum absolute atomic E-state index is 4.20. The first-order chi connectivity index (χ1) is 12.6. The molecule has 0 aliphatic heterocycles. The van der Waals surface area contributed by atoms with Crippen LogP contribution in [-0.4, -0.2) is 31.1 Å². The summed E-state index contributed by atoms with van der Waals surface area (Å²) in [4.78, 5) is 2.37. The van der Waals surface area contributed by atoms with E-state index in [1.54, 1.807) is 0 Å². The molecule has 3 nitrogen and oxygen atoms in total. The predicted molar refractivity (Wildman–Crippen MR) is 115 cm³/mol. The van der Waals surface area contributed by atoms with Gasteiger partial charge in [-0.05, 0) is 56.0 Å². The van der Waals surface area contributed by atoms with E-state index in [9.17, 15) is 0 Å². The molecule has 26 heavy (non-hydrogen) atoms. The van der Waals surface area contributed by atoms with Crippen LogP contribution in [0.1, 0.15) is 49.7 Å². The van der Waals surface area contributed by atoms with Gasteiger partial charge in [-0.15, -0.1) is 6.58 Å². The number of anilines is 1. The van der Waals surface area contributed by atoms with E-state index in [1.807, 2.05) is 19.2 Å². The fraction of sp³-hybridized carbons (Fsp3) is 0.478. The van der Waals surface area contributed by atoms with Crippen LogP contribution in [0.15, 0.2) is 49.7 Å². The van der Waals surface area contributed by atoms with Crippen LogP contribution in [0.5, 0.6) is 0 Å². The number of allylic oxidation sites excluding steroid dienone is 1. The molecule has 0 aromatic heterocycles. The van der Waals surface area contributed by atoms with Crippen molar-refractivity contribution in [2.75, 3.05) is 19.4 Å². The summed E-state index contributed by atoms with van der Waals surface area (Å²) in [6, 6.07) is 7.56. The van der Waals surface area contributed by atoms with Crippen molar-refractivity contribution in [3.63, 3.8) is 0 Å². The number of likely N-dealkylation sites (N-methyl/N-ethyl adjacent to an activating group) is 2. The van der Waals surface area contributed by atoms with Gasteiger partial charge in [0.2, 0.25) is 0 Å².